The van der Waals surface area contributed by atoms with Gasteiger partial charge < -0.3 is 14.5 Å². The van der Waals surface area contributed by atoms with Crippen molar-refractivity contribution in [2.75, 3.05) is 14.2 Å². The highest BCUT2D eigenvalue weighted by atomic mass is 16.5. The average Bonchev–Trinajstić information content (AvgIpc) is 2.53. The van der Waals surface area contributed by atoms with Crippen LogP contribution in [-0.2, 0) is 0 Å². The van der Waals surface area contributed by atoms with Crippen LogP contribution in [0.15, 0.2) is 47.3 Å². The molecule has 0 radical (unpaired) electrons. The summed E-state index contributed by atoms with van der Waals surface area (Å²) >= 11 is 0. The summed E-state index contributed by atoms with van der Waals surface area (Å²) < 4.78 is 10.6. The Labute approximate surface area is 128 Å². The summed E-state index contributed by atoms with van der Waals surface area (Å²) in [4.78, 5) is 15.2. The van der Waals surface area contributed by atoms with E-state index >= 15 is 0 Å². The molecule has 1 aromatic heterocycles. The van der Waals surface area contributed by atoms with Crippen molar-refractivity contribution in [2.45, 2.75) is 6.92 Å². The van der Waals surface area contributed by atoms with Crippen molar-refractivity contribution in [2.24, 2.45) is 0 Å². The lowest BCUT2D eigenvalue weighted by Crippen LogP contribution is -2.07. The lowest BCUT2D eigenvalue weighted by atomic mass is 10.1. The standard InChI is InChI=1S/C18H17NO3/c1-11-4-6-14-13(8-11)9-15(19-18(14)20)12-5-7-16(21-2)17(10-12)22-3/h4-10H,1-3H3,(H,19,20). The molecule has 4 heteroatoms. The van der Waals surface area contributed by atoms with E-state index in [-0.39, 0.29) is 5.56 Å². The Hall–Kier alpha value is -2.75. The second kappa shape index (κ2) is 5.56. The highest BCUT2D eigenvalue weighted by Crippen LogP contribution is 2.32. The van der Waals surface area contributed by atoms with Gasteiger partial charge in [-0.3, -0.25) is 4.79 Å². The largest absolute Gasteiger partial charge is 0.493 e. The zero-order chi connectivity index (χ0) is 15.7. The van der Waals surface area contributed by atoms with E-state index in [2.05, 4.69) is 4.98 Å². The van der Waals surface area contributed by atoms with Gasteiger partial charge in [0.1, 0.15) is 0 Å². The number of aromatic nitrogens is 1. The van der Waals surface area contributed by atoms with E-state index in [0.29, 0.717) is 16.9 Å². The van der Waals surface area contributed by atoms with Gasteiger partial charge in [-0.2, -0.15) is 0 Å². The highest BCUT2D eigenvalue weighted by molar-refractivity contribution is 5.85. The van der Waals surface area contributed by atoms with Crippen molar-refractivity contribution in [1.82, 2.24) is 4.98 Å². The molecule has 112 valence electrons. The summed E-state index contributed by atoms with van der Waals surface area (Å²) in [5.41, 5.74) is 2.65. The van der Waals surface area contributed by atoms with Crippen molar-refractivity contribution in [3.8, 4) is 22.8 Å². The molecule has 0 fully saturated rings. The molecule has 0 aliphatic rings. The minimum Gasteiger partial charge on any atom is -0.493 e. The van der Waals surface area contributed by atoms with Gasteiger partial charge in [0.25, 0.3) is 5.56 Å². The van der Waals surface area contributed by atoms with Gasteiger partial charge in [0.05, 0.1) is 14.2 Å². The maximum absolute atomic E-state index is 12.3. The number of aryl methyl sites for hydroxylation is 1. The summed E-state index contributed by atoms with van der Waals surface area (Å²) in [6.45, 7) is 2.01. The van der Waals surface area contributed by atoms with E-state index in [0.717, 1.165) is 22.2 Å². The first-order valence-corrected chi connectivity index (χ1v) is 6.98. The van der Waals surface area contributed by atoms with Gasteiger partial charge in [0.2, 0.25) is 0 Å². The van der Waals surface area contributed by atoms with Gasteiger partial charge in [-0.15, -0.1) is 0 Å². The third kappa shape index (κ3) is 2.44. The second-order valence-corrected chi connectivity index (χ2v) is 5.17. The van der Waals surface area contributed by atoms with Crippen LogP contribution in [0.25, 0.3) is 22.0 Å². The molecule has 0 saturated heterocycles. The number of methoxy groups -OCH3 is 2. The van der Waals surface area contributed by atoms with E-state index in [1.165, 1.54) is 0 Å². The number of aromatic amines is 1. The van der Waals surface area contributed by atoms with Crippen LogP contribution in [0.1, 0.15) is 5.56 Å². The van der Waals surface area contributed by atoms with Crippen LogP contribution in [0, 0.1) is 6.92 Å². The summed E-state index contributed by atoms with van der Waals surface area (Å²) in [7, 11) is 3.19. The molecule has 0 amide bonds. The lowest BCUT2D eigenvalue weighted by molar-refractivity contribution is 0.355. The fraction of sp³-hybridized carbons (Fsp3) is 0.167. The minimum absolute atomic E-state index is 0.0951. The SMILES string of the molecule is COc1ccc(-c2cc3cc(C)ccc3c(=O)[nH]2)cc1OC. The quantitative estimate of drug-likeness (QED) is 0.804. The van der Waals surface area contributed by atoms with Gasteiger partial charge in [-0.25, -0.2) is 0 Å². The number of nitrogens with one attached hydrogen (secondary N) is 1. The second-order valence-electron chi connectivity index (χ2n) is 5.17. The molecule has 0 atom stereocenters. The Morgan fingerprint density at radius 1 is 0.909 bits per heavy atom. The topological polar surface area (TPSA) is 51.3 Å². The predicted molar refractivity (Wildman–Crippen MR) is 87.8 cm³/mol. The molecule has 0 aliphatic heterocycles. The van der Waals surface area contributed by atoms with E-state index in [9.17, 15) is 4.79 Å². The smallest absolute Gasteiger partial charge is 0.256 e. The van der Waals surface area contributed by atoms with Gasteiger partial charge in [0.15, 0.2) is 11.5 Å². The van der Waals surface area contributed by atoms with E-state index in [1.54, 1.807) is 14.2 Å². The maximum Gasteiger partial charge on any atom is 0.256 e. The van der Waals surface area contributed by atoms with Crippen LogP contribution >= 0.6 is 0 Å². The molecule has 3 aromatic rings. The minimum atomic E-state index is -0.0951. The number of hydrogen-bond acceptors (Lipinski definition) is 3. The lowest BCUT2D eigenvalue weighted by Gasteiger charge is -2.10. The molecular formula is C18H17NO3. The molecule has 2 aromatic carbocycles. The first kappa shape index (κ1) is 14.2. The van der Waals surface area contributed by atoms with Crippen LogP contribution < -0.4 is 15.0 Å². The number of pyridine rings is 1. The molecule has 0 unspecified atom stereocenters. The molecule has 22 heavy (non-hydrogen) atoms. The highest BCUT2D eigenvalue weighted by Gasteiger charge is 2.08. The monoisotopic (exact) mass is 295 g/mol. The van der Waals surface area contributed by atoms with E-state index in [4.69, 9.17) is 9.47 Å². The van der Waals surface area contributed by atoms with Crippen LogP contribution in [0.5, 0.6) is 11.5 Å². The molecule has 4 nitrogen and oxygen atoms in total. The van der Waals surface area contributed by atoms with Gasteiger partial charge in [0, 0.05) is 16.6 Å². The molecule has 3 rings (SSSR count). The summed E-state index contributed by atoms with van der Waals surface area (Å²) in [5.74, 6) is 1.29. The third-order valence-electron chi connectivity index (χ3n) is 3.69. The zero-order valence-corrected chi connectivity index (χ0v) is 12.8. The molecule has 0 aliphatic carbocycles. The molecule has 1 heterocycles. The predicted octanol–water partition coefficient (Wildman–Crippen LogP) is 3.52. The average molecular weight is 295 g/mol. The molecule has 0 spiro atoms. The first-order chi connectivity index (χ1) is 10.6. The first-order valence-electron chi connectivity index (χ1n) is 6.98. The van der Waals surface area contributed by atoms with Crippen LogP contribution in [0.4, 0.5) is 0 Å². The summed E-state index contributed by atoms with van der Waals surface area (Å²) in [6, 6.07) is 13.3. The third-order valence-corrected chi connectivity index (χ3v) is 3.69. The number of rotatable bonds is 3. The van der Waals surface area contributed by atoms with Gasteiger partial charge in [-0.05, 0) is 42.6 Å². The Bertz CT molecular complexity index is 896. The summed E-state index contributed by atoms with van der Waals surface area (Å²) in [5, 5.41) is 1.61. The fourth-order valence-electron chi connectivity index (χ4n) is 2.55. The Balaban J connectivity index is 2.20. The van der Waals surface area contributed by atoms with E-state index in [1.807, 2.05) is 49.4 Å². The van der Waals surface area contributed by atoms with E-state index < -0.39 is 0 Å². The number of hydrogen-bond donors (Lipinski definition) is 1. The van der Waals surface area contributed by atoms with Crippen molar-refractivity contribution in [3.05, 3.63) is 58.4 Å². The van der Waals surface area contributed by atoms with Gasteiger partial charge >= 0.3 is 0 Å². The maximum atomic E-state index is 12.3. The Morgan fingerprint density at radius 3 is 2.41 bits per heavy atom. The molecule has 1 N–H and O–H groups in total. The van der Waals surface area contributed by atoms with Crippen LogP contribution in [0.3, 0.4) is 0 Å². The molecular weight excluding hydrogens is 278 g/mol. The fourth-order valence-corrected chi connectivity index (χ4v) is 2.55. The normalized spacial score (nSPS) is 10.7. The molecule has 0 saturated carbocycles. The number of ether oxygens (including phenoxy) is 2. The van der Waals surface area contributed by atoms with Crippen LogP contribution in [-0.4, -0.2) is 19.2 Å². The van der Waals surface area contributed by atoms with Crippen molar-refractivity contribution in [3.63, 3.8) is 0 Å². The van der Waals surface area contributed by atoms with Crippen molar-refractivity contribution >= 4 is 10.8 Å². The van der Waals surface area contributed by atoms with Crippen molar-refractivity contribution in [1.29, 1.82) is 0 Å². The molecule has 0 bridgehead atoms. The van der Waals surface area contributed by atoms with Crippen LogP contribution in [0.2, 0.25) is 0 Å². The summed E-state index contributed by atoms with van der Waals surface area (Å²) in [6.07, 6.45) is 0. The van der Waals surface area contributed by atoms with Gasteiger partial charge in [-0.1, -0.05) is 17.7 Å². The number of fused-ring (bicyclic) bond motifs is 1. The zero-order valence-electron chi connectivity index (χ0n) is 12.8. The van der Waals surface area contributed by atoms with Crippen molar-refractivity contribution < 1.29 is 9.47 Å². The Kier molecular flexibility index (Phi) is 3.59. The number of H-pyrrole nitrogens is 1. The Morgan fingerprint density at radius 2 is 1.68 bits per heavy atom. The number of benzene rings is 2.